The summed E-state index contributed by atoms with van der Waals surface area (Å²) in [7, 11) is 0. The van der Waals surface area contributed by atoms with Crippen LogP contribution in [0.3, 0.4) is 0 Å². The molecule has 0 fully saturated rings. The fraction of sp³-hybridized carbons (Fsp3) is 0. The Kier molecular flexibility index (Phi) is 2.19. The van der Waals surface area contributed by atoms with Crippen LogP contribution in [0.15, 0.2) is 35.7 Å². The molecule has 0 aliphatic carbocycles. The number of aromatic carboxylic acids is 1. The van der Waals surface area contributed by atoms with E-state index in [9.17, 15) is 4.79 Å². The van der Waals surface area contributed by atoms with Crippen molar-refractivity contribution >= 4 is 28.2 Å². The van der Waals surface area contributed by atoms with Crippen LogP contribution >= 0.6 is 11.3 Å². The molecule has 5 heteroatoms. The van der Waals surface area contributed by atoms with E-state index in [0.29, 0.717) is 5.52 Å². The zero-order valence-electron chi connectivity index (χ0n) is 8.68. The van der Waals surface area contributed by atoms with E-state index < -0.39 is 5.97 Å². The molecule has 2 aromatic heterocycles. The van der Waals surface area contributed by atoms with Gasteiger partial charge in [-0.1, -0.05) is 18.2 Å². The van der Waals surface area contributed by atoms with Gasteiger partial charge in [-0.15, -0.1) is 11.3 Å². The molecule has 0 aliphatic rings. The molecule has 3 aromatic rings. The fourth-order valence-electron chi connectivity index (χ4n) is 1.82. The number of fused-ring (bicyclic) bond motifs is 1. The van der Waals surface area contributed by atoms with Crippen molar-refractivity contribution in [2.24, 2.45) is 0 Å². The second-order valence-electron chi connectivity index (χ2n) is 3.58. The predicted molar refractivity (Wildman–Crippen MR) is 66.4 cm³/mol. The monoisotopic (exact) mass is 244 g/mol. The molecule has 0 atom stereocenters. The standard InChI is InChI=1S/C12H8N2O2S/c15-12(16)8-4-1-3-7-10(8)13-14-11(7)9-5-2-6-17-9/h1-6H,(H,13,14)(H,15,16). The number of nitrogens with one attached hydrogen (secondary N) is 1. The van der Waals surface area contributed by atoms with Gasteiger partial charge >= 0.3 is 5.97 Å². The Balaban J connectivity index is 2.31. The molecule has 0 spiro atoms. The highest BCUT2D eigenvalue weighted by Gasteiger charge is 2.14. The minimum Gasteiger partial charge on any atom is -0.478 e. The zero-order valence-corrected chi connectivity index (χ0v) is 9.49. The van der Waals surface area contributed by atoms with Crippen LogP contribution in [0.5, 0.6) is 0 Å². The number of aromatic amines is 1. The van der Waals surface area contributed by atoms with E-state index in [-0.39, 0.29) is 5.56 Å². The number of thiophene rings is 1. The topological polar surface area (TPSA) is 66.0 Å². The number of rotatable bonds is 2. The number of carbonyl (C=O) groups is 1. The number of aromatic nitrogens is 2. The van der Waals surface area contributed by atoms with Crippen molar-refractivity contribution in [2.45, 2.75) is 0 Å². The number of para-hydroxylation sites is 1. The summed E-state index contributed by atoms with van der Waals surface area (Å²) in [5.41, 5.74) is 1.60. The second-order valence-corrected chi connectivity index (χ2v) is 4.53. The van der Waals surface area contributed by atoms with Crippen molar-refractivity contribution in [3.8, 4) is 10.6 Å². The molecule has 0 bridgehead atoms. The van der Waals surface area contributed by atoms with E-state index in [1.807, 2.05) is 23.6 Å². The Morgan fingerprint density at radius 1 is 1.29 bits per heavy atom. The SMILES string of the molecule is O=C(O)c1cccc2c(-c3cccs3)[nH]nc12. The summed E-state index contributed by atoms with van der Waals surface area (Å²) in [6.45, 7) is 0. The summed E-state index contributed by atoms with van der Waals surface area (Å²) in [6, 6.07) is 9.10. The van der Waals surface area contributed by atoms with Gasteiger partial charge in [0.2, 0.25) is 0 Å². The third-order valence-corrected chi connectivity index (χ3v) is 3.47. The summed E-state index contributed by atoms with van der Waals surface area (Å²) in [5, 5.41) is 18.9. The summed E-state index contributed by atoms with van der Waals surface area (Å²) in [4.78, 5) is 12.1. The molecule has 2 N–H and O–H groups in total. The number of H-pyrrole nitrogens is 1. The maximum atomic E-state index is 11.1. The van der Waals surface area contributed by atoms with E-state index in [1.54, 1.807) is 23.5 Å². The van der Waals surface area contributed by atoms with Crippen LogP contribution in [-0.2, 0) is 0 Å². The minimum atomic E-state index is -0.958. The lowest BCUT2D eigenvalue weighted by atomic mass is 10.1. The van der Waals surface area contributed by atoms with E-state index in [2.05, 4.69) is 10.2 Å². The lowest BCUT2D eigenvalue weighted by Crippen LogP contribution is -1.96. The van der Waals surface area contributed by atoms with Gasteiger partial charge in [0, 0.05) is 5.39 Å². The van der Waals surface area contributed by atoms with Gasteiger partial charge < -0.3 is 5.11 Å². The number of benzene rings is 1. The van der Waals surface area contributed by atoms with Gasteiger partial charge in [0.25, 0.3) is 0 Å². The fourth-order valence-corrected chi connectivity index (χ4v) is 2.55. The molecule has 2 heterocycles. The smallest absolute Gasteiger partial charge is 0.337 e. The highest BCUT2D eigenvalue weighted by Crippen LogP contribution is 2.30. The van der Waals surface area contributed by atoms with E-state index in [1.165, 1.54) is 0 Å². The third-order valence-electron chi connectivity index (χ3n) is 2.58. The first-order valence-electron chi connectivity index (χ1n) is 5.01. The van der Waals surface area contributed by atoms with Crippen molar-refractivity contribution < 1.29 is 9.90 Å². The number of carboxylic acids is 1. The van der Waals surface area contributed by atoms with Gasteiger partial charge in [0.1, 0.15) is 5.52 Å². The highest BCUT2D eigenvalue weighted by molar-refractivity contribution is 7.13. The molecule has 84 valence electrons. The molecule has 17 heavy (non-hydrogen) atoms. The Labute approximate surface area is 101 Å². The first-order chi connectivity index (χ1) is 8.27. The number of nitrogens with zero attached hydrogens (tertiary/aromatic N) is 1. The van der Waals surface area contributed by atoms with Crippen LogP contribution in [0.25, 0.3) is 21.5 Å². The van der Waals surface area contributed by atoms with Gasteiger partial charge in [0.15, 0.2) is 0 Å². The van der Waals surface area contributed by atoms with E-state index in [0.717, 1.165) is 16.0 Å². The zero-order chi connectivity index (χ0) is 11.8. The average molecular weight is 244 g/mol. The summed E-state index contributed by atoms with van der Waals surface area (Å²) in [5.74, 6) is -0.958. The molecule has 1 aromatic carbocycles. The Hall–Kier alpha value is -2.14. The third kappa shape index (κ3) is 1.52. The maximum absolute atomic E-state index is 11.1. The lowest BCUT2D eigenvalue weighted by molar-refractivity contribution is 0.0699. The Morgan fingerprint density at radius 3 is 2.88 bits per heavy atom. The average Bonchev–Trinajstić information content (AvgIpc) is 2.96. The van der Waals surface area contributed by atoms with Crippen LogP contribution < -0.4 is 0 Å². The Morgan fingerprint density at radius 2 is 2.18 bits per heavy atom. The number of carboxylic acid groups (broad SMARTS) is 1. The quantitative estimate of drug-likeness (QED) is 0.728. The van der Waals surface area contributed by atoms with Crippen molar-refractivity contribution in [2.75, 3.05) is 0 Å². The first kappa shape index (κ1) is 10.0. The van der Waals surface area contributed by atoms with Gasteiger partial charge in [0.05, 0.1) is 16.1 Å². The lowest BCUT2D eigenvalue weighted by Gasteiger charge is -1.96. The highest BCUT2D eigenvalue weighted by atomic mass is 32.1. The van der Waals surface area contributed by atoms with Crippen molar-refractivity contribution in [3.63, 3.8) is 0 Å². The molecular formula is C12H8N2O2S. The van der Waals surface area contributed by atoms with E-state index in [4.69, 9.17) is 5.11 Å². The maximum Gasteiger partial charge on any atom is 0.337 e. The molecule has 0 saturated heterocycles. The second kappa shape index (κ2) is 3.71. The number of hydrogen-bond donors (Lipinski definition) is 2. The van der Waals surface area contributed by atoms with Crippen LogP contribution in [0.4, 0.5) is 0 Å². The minimum absolute atomic E-state index is 0.224. The molecule has 0 unspecified atom stereocenters. The molecule has 0 aliphatic heterocycles. The van der Waals surface area contributed by atoms with Crippen LogP contribution in [0.2, 0.25) is 0 Å². The summed E-state index contributed by atoms with van der Waals surface area (Å²) in [6.07, 6.45) is 0. The molecule has 3 rings (SSSR count). The van der Waals surface area contributed by atoms with Crippen LogP contribution in [-0.4, -0.2) is 21.3 Å². The first-order valence-corrected chi connectivity index (χ1v) is 5.89. The summed E-state index contributed by atoms with van der Waals surface area (Å²) >= 11 is 1.59. The molecule has 0 saturated carbocycles. The van der Waals surface area contributed by atoms with Gasteiger partial charge in [-0.2, -0.15) is 5.10 Å². The van der Waals surface area contributed by atoms with Crippen molar-refractivity contribution in [1.82, 2.24) is 10.2 Å². The van der Waals surface area contributed by atoms with Gasteiger partial charge in [-0.25, -0.2) is 4.79 Å². The molecule has 0 amide bonds. The molecule has 0 radical (unpaired) electrons. The van der Waals surface area contributed by atoms with Crippen molar-refractivity contribution in [3.05, 3.63) is 41.3 Å². The normalized spacial score (nSPS) is 10.8. The van der Waals surface area contributed by atoms with Crippen molar-refractivity contribution in [1.29, 1.82) is 0 Å². The summed E-state index contributed by atoms with van der Waals surface area (Å²) < 4.78 is 0. The van der Waals surface area contributed by atoms with Crippen LogP contribution in [0, 0.1) is 0 Å². The predicted octanol–water partition coefficient (Wildman–Crippen LogP) is 2.99. The molecule has 4 nitrogen and oxygen atoms in total. The molecular weight excluding hydrogens is 236 g/mol. The van der Waals surface area contributed by atoms with E-state index >= 15 is 0 Å². The van der Waals surface area contributed by atoms with Gasteiger partial charge in [-0.3, -0.25) is 5.10 Å². The van der Waals surface area contributed by atoms with Crippen LogP contribution in [0.1, 0.15) is 10.4 Å². The Bertz CT molecular complexity index is 686. The van der Waals surface area contributed by atoms with Gasteiger partial charge in [-0.05, 0) is 17.5 Å². The largest absolute Gasteiger partial charge is 0.478 e. The number of hydrogen-bond acceptors (Lipinski definition) is 3.